The molecule has 4 heteroatoms. The minimum Gasteiger partial charge on any atom is -0.394 e. The maximum Gasteiger partial charge on any atom is 0.236 e. The zero-order chi connectivity index (χ0) is 13.0. The monoisotopic (exact) mass is 254 g/mol. The van der Waals surface area contributed by atoms with Gasteiger partial charge in [0.25, 0.3) is 0 Å². The van der Waals surface area contributed by atoms with Crippen LogP contribution in [0.3, 0.4) is 0 Å². The molecule has 1 amide bonds. The summed E-state index contributed by atoms with van der Waals surface area (Å²) in [6, 6.07) is 0. The van der Waals surface area contributed by atoms with Crippen LogP contribution < -0.4 is 5.32 Å². The van der Waals surface area contributed by atoms with Crippen LogP contribution in [0.1, 0.15) is 45.4 Å². The maximum absolute atomic E-state index is 12.0. The number of rotatable bonds is 4. The SMILES string of the molecule is CC1CCCC(CO)(NCC(=O)N2CCCC2)C1. The van der Waals surface area contributed by atoms with Crippen LogP contribution in [0.2, 0.25) is 0 Å². The van der Waals surface area contributed by atoms with E-state index in [2.05, 4.69) is 12.2 Å². The summed E-state index contributed by atoms with van der Waals surface area (Å²) in [4.78, 5) is 13.9. The molecule has 2 rings (SSSR count). The summed E-state index contributed by atoms with van der Waals surface area (Å²) in [6.07, 6.45) is 6.62. The second kappa shape index (κ2) is 6.02. The Bertz CT molecular complexity index is 290. The zero-order valence-corrected chi connectivity index (χ0v) is 11.5. The highest BCUT2D eigenvalue weighted by Gasteiger charge is 2.34. The topological polar surface area (TPSA) is 52.6 Å². The molecule has 18 heavy (non-hydrogen) atoms. The van der Waals surface area contributed by atoms with Gasteiger partial charge >= 0.3 is 0 Å². The van der Waals surface area contributed by atoms with Crippen molar-refractivity contribution in [3.8, 4) is 0 Å². The predicted octanol–water partition coefficient (Wildman–Crippen LogP) is 1.14. The Kier molecular flexibility index (Phi) is 4.62. The third-order valence-corrected chi connectivity index (χ3v) is 4.47. The quantitative estimate of drug-likeness (QED) is 0.791. The number of hydrogen-bond acceptors (Lipinski definition) is 3. The fourth-order valence-electron chi connectivity index (χ4n) is 3.36. The van der Waals surface area contributed by atoms with E-state index < -0.39 is 0 Å². The van der Waals surface area contributed by atoms with Gasteiger partial charge in [0.2, 0.25) is 5.91 Å². The Morgan fingerprint density at radius 3 is 2.72 bits per heavy atom. The molecule has 1 heterocycles. The normalized spacial score (nSPS) is 32.8. The van der Waals surface area contributed by atoms with Gasteiger partial charge in [0.1, 0.15) is 0 Å². The van der Waals surface area contributed by atoms with Gasteiger partial charge in [-0.1, -0.05) is 19.8 Å². The number of carbonyl (C=O) groups is 1. The fourth-order valence-corrected chi connectivity index (χ4v) is 3.36. The lowest BCUT2D eigenvalue weighted by Crippen LogP contribution is -2.54. The molecule has 0 aromatic heterocycles. The van der Waals surface area contributed by atoms with Crippen LogP contribution in [-0.2, 0) is 4.79 Å². The summed E-state index contributed by atoms with van der Waals surface area (Å²) in [6.45, 7) is 4.57. The molecule has 0 aromatic rings. The van der Waals surface area contributed by atoms with Crippen molar-refractivity contribution in [2.45, 2.75) is 51.0 Å². The molecule has 0 bridgehead atoms. The molecule has 1 saturated heterocycles. The second-order valence-electron chi connectivity index (χ2n) is 6.08. The van der Waals surface area contributed by atoms with Crippen molar-refractivity contribution in [1.82, 2.24) is 10.2 Å². The number of carbonyl (C=O) groups excluding carboxylic acids is 1. The molecule has 1 aliphatic heterocycles. The molecule has 2 aliphatic rings. The number of nitrogens with zero attached hydrogens (tertiary/aromatic N) is 1. The molecule has 2 N–H and O–H groups in total. The lowest BCUT2D eigenvalue weighted by atomic mass is 9.77. The largest absolute Gasteiger partial charge is 0.394 e. The van der Waals surface area contributed by atoms with Gasteiger partial charge in [-0.05, 0) is 31.6 Å². The number of hydrogen-bond donors (Lipinski definition) is 2. The summed E-state index contributed by atoms with van der Waals surface area (Å²) in [5.74, 6) is 0.832. The van der Waals surface area contributed by atoms with Crippen LogP contribution >= 0.6 is 0 Å². The van der Waals surface area contributed by atoms with Crippen LogP contribution in [0.25, 0.3) is 0 Å². The van der Waals surface area contributed by atoms with Crippen molar-refractivity contribution in [3.63, 3.8) is 0 Å². The van der Waals surface area contributed by atoms with E-state index in [1.807, 2.05) is 4.90 Å². The molecule has 2 atom stereocenters. The first kappa shape index (κ1) is 13.8. The second-order valence-corrected chi connectivity index (χ2v) is 6.08. The van der Waals surface area contributed by atoms with E-state index in [0.717, 1.165) is 45.2 Å². The van der Waals surface area contributed by atoms with Crippen LogP contribution in [0.4, 0.5) is 0 Å². The van der Waals surface area contributed by atoms with Crippen molar-refractivity contribution in [2.75, 3.05) is 26.2 Å². The highest BCUT2D eigenvalue weighted by Crippen LogP contribution is 2.31. The Morgan fingerprint density at radius 2 is 2.11 bits per heavy atom. The van der Waals surface area contributed by atoms with Crippen molar-refractivity contribution in [3.05, 3.63) is 0 Å². The Labute approximate surface area is 110 Å². The van der Waals surface area contributed by atoms with Crippen molar-refractivity contribution < 1.29 is 9.90 Å². The first-order valence-electron chi connectivity index (χ1n) is 7.29. The highest BCUT2D eigenvalue weighted by atomic mass is 16.3. The van der Waals surface area contributed by atoms with E-state index >= 15 is 0 Å². The molecular formula is C14H26N2O2. The first-order chi connectivity index (χ1) is 8.65. The third kappa shape index (κ3) is 3.23. The number of aliphatic hydroxyl groups is 1. The summed E-state index contributed by atoms with van der Waals surface area (Å²) in [5.41, 5.74) is -0.215. The van der Waals surface area contributed by atoms with Crippen molar-refractivity contribution in [1.29, 1.82) is 0 Å². The molecular weight excluding hydrogens is 228 g/mol. The number of aliphatic hydroxyl groups excluding tert-OH is 1. The molecule has 104 valence electrons. The van der Waals surface area contributed by atoms with Gasteiger partial charge in [-0.3, -0.25) is 4.79 Å². The number of likely N-dealkylation sites (tertiary alicyclic amines) is 1. The molecule has 0 spiro atoms. The van der Waals surface area contributed by atoms with Gasteiger partial charge in [0, 0.05) is 18.6 Å². The lowest BCUT2D eigenvalue weighted by Gasteiger charge is -2.39. The minimum atomic E-state index is -0.215. The smallest absolute Gasteiger partial charge is 0.236 e. The molecule has 0 radical (unpaired) electrons. The van der Waals surface area contributed by atoms with Gasteiger partial charge in [0.05, 0.1) is 13.2 Å². The van der Waals surface area contributed by atoms with Crippen LogP contribution in [0, 0.1) is 5.92 Å². The maximum atomic E-state index is 12.0. The molecule has 0 aromatic carbocycles. The zero-order valence-electron chi connectivity index (χ0n) is 11.5. The Hall–Kier alpha value is -0.610. The highest BCUT2D eigenvalue weighted by molar-refractivity contribution is 5.78. The van der Waals surface area contributed by atoms with Crippen molar-refractivity contribution >= 4 is 5.91 Å². The van der Waals surface area contributed by atoms with E-state index in [1.54, 1.807) is 0 Å². The molecule has 1 aliphatic carbocycles. The van der Waals surface area contributed by atoms with Gasteiger partial charge in [0.15, 0.2) is 0 Å². The summed E-state index contributed by atoms with van der Waals surface area (Å²) in [7, 11) is 0. The molecule has 2 unspecified atom stereocenters. The van der Waals surface area contributed by atoms with E-state index in [9.17, 15) is 9.90 Å². The average molecular weight is 254 g/mol. The van der Waals surface area contributed by atoms with Gasteiger partial charge in [-0.15, -0.1) is 0 Å². The summed E-state index contributed by atoms with van der Waals surface area (Å²) in [5, 5.41) is 13.0. The predicted molar refractivity (Wildman–Crippen MR) is 71.3 cm³/mol. The number of nitrogens with one attached hydrogen (secondary N) is 1. The molecule has 2 fully saturated rings. The molecule has 1 saturated carbocycles. The Balaban J connectivity index is 1.84. The van der Waals surface area contributed by atoms with E-state index in [1.165, 1.54) is 6.42 Å². The van der Waals surface area contributed by atoms with Gasteiger partial charge in [-0.2, -0.15) is 0 Å². The summed E-state index contributed by atoms with van der Waals surface area (Å²) >= 11 is 0. The van der Waals surface area contributed by atoms with Crippen LogP contribution in [0.5, 0.6) is 0 Å². The summed E-state index contributed by atoms with van der Waals surface area (Å²) < 4.78 is 0. The Morgan fingerprint density at radius 1 is 1.39 bits per heavy atom. The third-order valence-electron chi connectivity index (χ3n) is 4.47. The van der Waals surface area contributed by atoms with Gasteiger partial charge in [-0.25, -0.2) is 0 Å². The standard InChI is InChI=1S/C14H26N2O2/c1-12-5-4-6-14(9-12,11-17)15-10-13(18)16-7-2-3-8-16/h12,15,17H,2-11H2,1H3. The van der Waals surface area contributed by atoms with E-state index in [-0.39, 0.29) is 18.1 Å². The van der Waals surface area contributed by atoms with Crippen LogP contribution in [0.15, 0.2) is 0 Å². The lowest BCUT2D eigenvalue weighted by molar-refractivity contribution is -0.129. The van der Waals surface area contributed by atoms with Crippen LogP contribution in [-0.4, -0.2) is 47.7 Å². The number of amides is 1. The molecule has 4 nitrogen and oxygen atoms in total. The van der Waals surface area contributed by atoms with E-state index in [4.69, 9.17) is 0 Å². The van der Waals surface area contributed by atoms with E-state index in [0.29, 0.717) is 12.5 Å². The fraction of sp³-hybridized carbons (Fsp3) is 0.929. The average Bonchev–Trinajstić information content (AvgIpc) is 2.90. The minimum absolute atomic E-state index is 0.143. The van der Waals surface area contributed by atoms with Gasteiger partial charge < -0.3 is 15.3 Å². The van der Waals surface area contributed by atoms with Crippen molar-refractivity contribution in [2.24, 2.45) is 5.92 Å². The first-order valence-corrected chi connectivity index (χ1v) is 7.29.